The second-order valence-corrected chi connectivity index (χ2v) is 26.4. The van der Waals surface area contributed by atoms with E-state index in [1.165, 1.54) is 56.7 Å². The molecule has 16 rings (SSSR count). The van der Waals surface area contributed by atoms with Gasteiger partial charge in [0.25, 0.3) is 23.6 Å². The zero-order valence-electron chi connectivity index (χ0n) is 48.9. The van der Waals surface area contributed by atoms with E-state index in [9.17, 15) is 39.0 Å². The van der Waals surface area contributed by atoms with Crippen LogP contribution in [0.4, 0.5) is 0 Å². The SMILES string of the molecule is CN1C[C@H](C(=O)N[C@]2(C)O[C@@]3(O)[C@@H]4CCCN4C(=O)[C@H](Cc4ccccc4)N3C2=O)CC2c3cccc4[nH]cc(c34)C[C@@H]21.CN1C[C@H](C(=O)N[C@]2(C)O[C@@]3(O)[C@@H]4CCCN4C(=O)[C@H](Cc4ccccc4)N3C2=O)C[C@@H]2c3cccc4[nH]cc(c34)C[C@@H]21. The number of piperazine rings is 2. The van der Waals surface area contributed by atoms with Crippen LogP contribution in [-0.2, 0) is 63.9 Å². The van der Waals surface area contributed by atoms with Crippen LogP contribution >= 0.6 is 0 Å². The van der Waals surface area contributed by atoms with Gasteiger partial charge in [-0.1, -0.05) is 84.9 Å². The van der Waals surface area contributed by atoms with Crippen molar-refractivity contribution >= 4 is 57.2 Å². The summed E-state index contributed by atoms with van der Waals surface area (Å²) in [6.45, 7) is 5.11. The maximum Gasteiger partial charge on any atom is 0.280 e. The summed E-state index contributed by atoms with van der Waals surface area (Å²) in [5, 5.41) is 32.5. The van der Waals surface area contributed by atoms with Crippen LogP contribution in [0.25, 0.3) is 21.8 Å². The van der Waals surface area contributed by atoms with Crippen molar-refractivity contribution < 1.29 is 48.5 Å². The molecule has 0 bridgehead atoms. The largest absolute Gasteiger partial charge is 0.361 e. The topological polar surface area (TPSA) is 236 Å². The van der Waals surface area contributed by atoms with Crippen LogP contribution in [-0.4, -0.2) is 185 Å². The van der Waals surface area contributed by atoms with Gasteiger partial charge in [-0.3, -0.25) is 48.0 Å². The maximum absolute atomic E-state index is 14.2. The lowest BCUT2D eigenvalue weighted by atomic mass is 9.72. The number of carbonyl (C=O) groups is 6. The fourth-order valence-electron chi connectivity index (χ4n) is 17.3. The predicted molar refractivity (Wildman–Crippen MR) is 315 cm³/mol. The van der Waals surface area contributed by atoms with Crippen LogP contribution in [0.2, 0.25) is 0 Å². The van der Waals surface area contributed by atoms with Crippen LogP contribution in [0.1, 0.15) is 97.6 Å². The molecule has 10 heterocycles. The maximum atomic E-state index is 14.2. The van der Waals surface area contributed by atoms with Gasteiger partial charge >= 0.3 is 0 Å². The summed E-state index contributed by atoms with van der Waals surface area (Å²) in [5.74, 6) is -6.62. The van der Waals surface area contributed by atoms with Gasteiger partial charge in [-0.25, -0.2) is 0 Å². The summed E-state index contributed by atoms with van der Waals surface area (Å²) in [6.07, 6.45) is 10.3. The van der Waals surface area contributed by atoms with Gasteiger partial charge in [-0.05, 0) is 125 Å². The molecule has 86 heavy (non-hydrogen) atoms. The number of fused-ring (bicyclic) bond motifs is 10. The first-order chi connectivity index (χ1) is 41.4. The quantitative estimate of drug-likeness (QED) is 0.126. The van der Waals surface area contributed by atoms with Crippen molar-refractivity contribution in [3.8, 4) is 0 Å². The highest BCUT2D eigenvalue weighted by Crippen LogP contribution is 2.50. The number of rotatable bonds is 8. The lowest BCUT2D eigenvalue weighted by Crippen LogP contribution is -2.71. The first-order valence-corrected chi connectivity index (χ1v) is 30.8. The second kappa shape index (κ2) is 20.0. The number of carbonyl (C=O) groups excluding carboxylic acids is 6. The summed E-state index contributed by atoms with van der Waals surface area (Å²) in [6, 6.07) is 28.9. The number of aliphatic hydroxyl groups is 2. The number of benzene rings is 4. The summed E-state index contributed by atoms with van der Waals surface area (Å²) in [5.41, 5.74) is 5.48. The number of aromatic amines is 2. The predicted octanol–water partition coefficient (Wildman–Crippen LogP) is 4.16. The zero-order chi connectivity index (χ0) is 59.3. The number of likely N-dealkylation sites (N-methyl/N-ethyl adjacent to an activating group) is 2. The van der Waals surface area contributed by atoms with Gasteiger partial charge in [0.2, 0.25) is 35.1 Å². The molecule has 0 saturated carbocycles. The third-order valence-electron chi connectivity index (χ3n) is 21.2. The van der Waals surface area contributed by atoms with Crippen LogP contribution in [0.3, 0.4) is 0 Å². The van der Waals surface area contributed by atoms with Crippen molar-refractivity contribution in [2.75, 3.05) is 40.3 Å². The molecule has 4 aromatic carbocycles. The van der Waals surface area contributed by atoms with E-state index in [0.717, 1.165) is 35.0 Å². The molecule has 2 aromatic heterocycles. The molecule has 0 spiro atoms. The van der Waals surface area contributed by atoms with Gasteiger partial charge in [0.1, 0.15) is 24.2 Å². The third kappa shape index (κ3) is 8.36. The molecule has 14 atom stereocenters. The Morgan fingerprint density at radius 2 is 0.988 bits per heavy atom. The molecule has 8 saturated heterocycles. The number of aromatic nitrogens is 2. The molecular formula is C66H74N10O10. The van der Waals surface area contributed by atoms with Crippen LogP contribution in [0.5, 0.6) is 0 Å². The van der Waals surface area contributed by atoms with Crippen LogP contribution in [0, 0.1) is 11.8 Å². The Morgan fingerprint density at radius 3 is 1.40 bits per heavy atom. The van der Waals surface area contributed by atoms with E-state index in [1.54, 1.807) is 9.80 Å². The van der Waals surface area contributed by atoms with Crippen LogP contribution in [0.15, 0.2) is 109 Å². The van der Waals surface area contributed by atoms with E-state index in [0.29, 0.717) is 64.7 Å². The standard InChI is InChI=1S/2C33H37N5O5/c2*1-32(35-29(39)21-15-23-22-10-6-11-24-28(22)20(17-34-24)16-25(23)36(2)18-21)31(41)38-26(14-19-8-4-3-5-9-19)30(40)37-13-7-12-27(37)33(38,42)43-32/h2*3-6,8-11,17,21,23,25-27,34,42H,7,12-16,18H2,1-2H3,(H,35,39)/t21-,23?,25+,26+,27+,32-,33+;21-,23-,25+,26+,27+,32-,33+/m11/s1. The number of ether oxygens (including phenoxy) is 2. The Kier molecular flexibility index (Phi) is 12.9. The Hall–Kier alpha value is -7.46. The van der Waals surface area contributed by atoms with Gasteiger partial charge in [-0.2, -0.15) is 0 Å². The third-order valence-corrected chi connectivity index (χ3v) is 21.2. The molecule has 6 amide bonds. The Labute approximate surface area is 498 Å². The fourth-order valence-corrected chi connectivity index (χ4v) is 17.3. The van der Waals surface area contributed by atoms with Crippen molar-refractivity contribution in [3.05, 3.63) is 143 Å². The number of piperidine rings is 2. The Bertz CT molecular complexity index is 3520. The normalized spacial score (nSPS) is 35.2. The van der Waals surface area contributed by atoms with Gasteiger partial charge in [-0.15, -0.1) is 0 Å². The molecule has 1 unspecified atom stereocenters. The van der Waals surface area contributed by atoms with Crippen molar-refractivity contribution in [2.45, 2.75) is 149 Å². The van der Waals surface area contributed by atoms with Crippen molar-refractivity contribution in [3.63, 3.8) is 0 Å². The number of likely N-dealkylation sites (tertiary alicyclic amines) is 2. The van der Waals surface area contributed by atoms with Gasteiger partial charge in [0.15, 0.2) is 0 Å². The minimum atomic E-state index is -2.03. The fraction of sp³-hybridized carbons (Fsp3) is 0.485. The molecule has 6 aromatic rings. The number of hydrogen-bond acceptors (Lipinski definition) is 12. The Balaban J connectivity index is 0.000000145. The van der Waals surface area contributed by atoms with Crippen LogP contribution < -0.4 is 10.6 Å². The molecule has 2 aliphatic carbocycles. The van der Waals surface area contributed by atoms with E-state index in [-0.39, 0.29) is 72.2 Å². The smallest absolute Gasteiger partial charge is 0.280 e. The molecule has 8 fully saturated rings. The molecule has 6 N–H and O–H groups in total. The molecule has 20 heteroatoms. The summed E-state index contributed by atoms with van der Waals surface area (Å²) in [7, 11) is 4.12. The lowest BCUT2D eigenvalue weighted by Gasteiger charge is -2.48. The number of H-pyrrole nitrogens is 2. The van der Waals surface area contributed by atoms with Crippen molar-refractivity contribution in [2.24, 2.45) is 11.8 Å². The molecular weight excluding hydrogens is 1090 g/mol. The van der Waals surface area contributed by atoms with Crippen molar-refractivity contribution in [1.82, 2.24) is 50.0 Å². The number of nitrogens with zero attached hydrogens (tertiary/aromatic N) is 6. The summed E-state index contributed by atoms with van der Waals surface area (Å²) >= 11 is 0. The van der Waals surface area contributed by atoms with E-state index in [1.807, 2.05) is 60.7 Å². The number of nitrogens with one attached hydrogen (secondary N) is 4. The Morgan fingerprint density at radius 1 is 0.581 bits per heavy atom. The van der Waals surface area contributed by atoms with Gasteiger partial charge in [0.05, 0.1) is 11.8 Å². The molecule has 448 valence electrons. The first-order valence-electron chi connectivity index (χ1n) is 30.8. The lowest BCUT2D eigenvalue weighted by molar-refractivity contribution is -0.315. The highest BCUT2D eigenvalue weighted by atomic mass is 16.7. The zero-order valence-corrected chi connectivity index (χ0v) is 48.9. The van der Waals surface area contributed by atoms with Gasteiger partial charge in [0, 0.05) is 97.1 Å². The molecule has 10 aliphatic rings. The minimum absolute atomic E-state index is 0.171. The van der Waals surface area contributed by atoms with Crippen molar-refractivity contribution in [1.29, 1.82) is 0 Å². The molecule has 20 nitrogen and oxygen atoms in total. The van der Waals surface area contributed by atoms with Gasteiger partial charge < -0.3 is 50.4 Å². The summed E-state index contributed by atoms with van der Waals surface area (Å²) in [4.78, 5) is 101. The number of hydrogen-bond donors (Lipinski definition) is 6. The van der Waals surface area contributed by atoms with E-state index >= 15 is 0 Å². The summed E-state index contributed by atoms with van der Waals surface area (Å²) < 4.78 is 12.5. The monoisotopic (exact) mass is 1170 g/mol. The van der Waals surface area contributed by atoms with E-state index in [4.69, 9.17) is 9.47 Å². The first kappa shape index (κ1) is 55.1. The average molecular weight is 1170 g/mol. The van der Waals surface area contributed by atoms with E-state index < -0.39 is 59.3 Å². The molecule has 8 aliphatic heterocycles. The highest BCUT2D eigenvalue weighted by Gasteiger charge is 2.72. The minimum Gasteiger partial charge on any atom is -0.361 e. The van der Waals surface area contributed by atoms with E-state index in [2.05, 4.69) is 93.3 Å². The average Bonchev–Trinajstić information content (AvgIpc) is 1.83. The highest BCUT2D eigenvalue weighted by molar-refractivity contribution is 5.99. The number of amides is 6. The second-order valence-electron chi connectivity index (χ2n) is 26.4. The molecule has 0 radical (unpaired) electrons.